The summed E-state index contributed by atoms with van der Waals surface area (Å²) in [5.74, 6) is 0.225. The standard InChI is InChI=1S/C6H11NO.C2H8OSi/c8-6-4-2-1-3-5-7-6;1-4(2)3/h1-5H2,(H,7,8);3-4H,1-2H3. The Bertz CT molecular complexity index is 115. The van der Waals surface area contributed by atoms with Crippen LogP contribution in [0.1, 0.15) is 25.7 Å². The van der Waals surface area contributed by atoms with Crippen molar-refractivity contribution in [2.75, 3.05) is 6.54 Å². The lowest BCUT2D eigenvalue weighted by molar-refractivity contribution is -0.120. The van der Waals surface area contributed by atoms with Gasteiger partial charge in [-0.1, -0.05) is 6.42 Å². The molecule has 1 amide bonds. The van der Waals surface area contributed by atoms with E-state index in [0.717, 1.165) is 25.8 Å². The molecule has 0 aromatic rings. The molecule has 1 aliphatic heterocycles. The third kappa shape index (κ3) is 9.65. The molecule has 0 radical (unpaired) electrons. The van der Waals surface area contributed by atoms with Crippen molar-refractivity contribution in [3.8, 4) is 0 Å². The second kappa shape index (κ2) is 7.30. The Morgan fingerprint density at radius 1 is 1.33 bits per heavy atom. The van der Waals surface area contributed by atoms with Gasteiger partial charge in [0.25, 0.3) is 0 Å². The van der Waals surface area contributed by atoms with Crippen molar-refractivity contribution >= 4 is 14.9 Å². The summed E-state index contributed by atoms with van der Waals surface area (Å²) in [6, 6.07) is 0. The number of hydrogen-bond acceptors (Lipinski definition) is 2. The molecular formula is C8H19NO2Si. The van der Waals surface area contributed by atoms with Gasteiger partial charge in [-0.25, -0.2) is 0 Å². The zero-order valence-electron chi connectivity index (χ0n) is 7.97. The van der Waals surface area contributed by atoms with E-state index < -0.39 is 9.04 Å². The number of hydrogen-bond donors (Lipinski definition) is 2. The van der Waals surface area contributed by atoms with Gasteiger partial charge in [0.15, 0.2) is 9.04 Å². The molecule has 0 saturated carbocycles. The summed E-state index contributed by atoms with van der Waals surface area (Å²) in [5.41, 5.74) is 0. The average molecular weight is 189 g/mol. The maximum Gasteiger partial charge on any atom is 0.219 e. The first-order valence-electron chi connectivity index (χ1n) is 4.57. The van der Waals surface area contributed by atoms with Gasteiger partial charge in [0.2, 0.25) is 5.91 Å². The maximum atomic E-state index is 10.6. The zero-order valence-corrected chi connectivity index (χ0v) is 9.12. The molecule has 0 unspecified atom stereocenters. The predicted octanol–water partition coefficient (Wildman–Crippen LogP) is 0.639. The van der Waals surface area contributed by atoms with Gasteiger partial charge >= 0.3 is 0 Å². The average Bonchev–Trinajstić information content (AvgIpc) is 2.14. The molecule has 1 heterocycles. The van der Waals surface area contributed by atoms with E-state index in [9.17, 15) is 4.79 Å². The minimum atomic E-state index is -1.14. The van der Waals surface area contributed by atoms with Gasteiger partial charge in [0.1, 0.15) is 0 Å². The third-order valence-corrected chi connectivity index (χ3v) is 1.40. The molecule has 2 N–H and O–H groups in total. The van der Waals surface area contributed by atoms with Crippen molar-refractivity contribution in [3.63, 3.8) is 0 Å². The fourth-order valence-corrected chi connectivity index (χ4v) is 0.904. The minimum Gasteiger partial charge on any atom is -0.435 e. The van der Waals surface area contributed by atoms with E-state index in [1.54, 1.807) is 0 Å². The quantitative estimate of drug-likeness (QED) is 0.549. The van der Waals surface area contributed by atoms with E-state index in [4.69, 9.17) is 4.80 Å². The number of carbonyl (C=O) groups excluding carboxylic acids is 1. The fraction of sp³-hybridized carbons (Fsp3) is 0.875. The third-order valence-electron chi connectivity index (χ3n) is 1.40. The summed E-state index contributed by atoms with van der Waals surface area (Å²) in [4.78, 5) is 18.8. The molecule has 0 bridgehead atoms. The molecule has 72 valence electrons. The Balaban J connectivity index is 0.000000261. The zero-order chi connectivity index (χ0) is 9.40. The summed E-state index contributed by atoms with van der Waals surface area (Å²) in [6.07, 6.45) is 4.18. The topological polar surface area (TPSA) is 49.3 Å². The van der Waals surface area contributed by atoms with Crippen molar-refractivity contribution in [1.82, 2.24) is 5.32 Å². The molecular weight excluding hydrogens is 170 g/mol. The van der Waals surface area contributed by atoms with Crippen molar-refractivity contribution in [1.29, 1.82) is 0 Å². The van der Waals surface area contributed by atoms with Crippen LogP contribution in [0.15, 0.2) is 0 Å². The van der Waals surface area contributed by atoms with Crippen LogP contribution in [0, 0.1) is 0 Å². The lowest BCUT2D eigenvalue weighted by Crippen LogP contribution is -2.21. The van der Waals surface area contributed by atoms with E-state index in [0.29, 0.717) is 0 Å². The van der Waals surface area contributed by atoms with Gasteiger partial charge < -0.3 is 10.1 Å². The van der Waals surface area contributed by atoms with Gasteiger partial charge in [-0.05, 0) is 25.9 Å². The molecule has 0 spiro atoms. The molecule has 0 atom stereocenters. The van der Waals surface area contributed by atoms with Gasteiger partial charge in [-0.15, -0.1) is 0 Å². The lowest BCUT2D eigenvalue weighted by Gasteiger charge is -1.93. The molecule has 4 heteroatoms. The molecule has 1 rings (SSSR count). The highest BCUT2D eigenvalue weighted by atomic mass is 28.3. The lowest BCUT2D eigenvalue weighted by atomic mass is 10.2. The highest BCUT2D eigenvalue weighted by Gasteiger charge is 2.03. The summed E-state index contributed by atoms with van der Waals surface area (Å²) >= 11 is 0. The molecule has 1 aliphatic rings. The summed E-state index contributed by atoms with van der Waals surface area (Å²) < 4.78 is 0. The largest absolute Gasteiger partial charge is 0.435 e. The Kier molecular flexibility index (Phi) is 7.09. The van der Waals surface area contributed by atoms with Crippen molar-refractivity contribution in [3.05, 3.63) is 0 Å². The first kappa shape index (κ1) is 11.6. The molecule has 0 aliphatic carbocycles. The van der Waals surface area contributed by atoms with Crippen LogP contribution >= 0.6 is 0 Å². The maximum absolute atomic E-state index is 10.6. The smallest absolute Gasteiger partial charge is 0.219 e. The predicted molar refractivity (Wildman–Crippen MR) is 52.6 cm³/mol. The molecule has 0 aromatic heterocycles. The van der Waals surface area contributed by atoms with Crippen molar-refractivity contribution in [2.24, 2.45) is 0 Å². The van der Waals surface area contributed by atoms with Crippen LogP contribution in [0.4, 0.5) is 0 Å². The summed E-state index contributed by atoms with van der Waals surface area (Å²) in [6.45, 7) is 4.61. The normalized spacial score (nSPS) is 17.5. The van der Waals surface area contributed by atoms with Gasteiger partial charge in [-0.3, -0.25) is 4.79 Å². The molecule has 1 fully saturated rings. The summed E-state index contributed by atoms with van der Waals surface area (Å²) in [5, 5.41) is 2.81. The van der Waals surface area contributed by atoms with Crippen molar-refractivity contribution in [2.45, 2.75) is 38.8 Å². The molecule has 1 saturated heterocycles. The summed E-state index contributed by atoms with van der Waals surface area (Å²) in [7, 11) is -1.14. The van der Waals surface area contributed by atoms with Crippen molar-refractivity contribution < 1.29 is 9.59 Å². The van der Waals surface area contributed by atoms with Crippen LogP contribution in [0.3, 0.4) is 0 Å². The Hall–Kier alpha value is -0.353. The molecule has 3 nitrogen and oxygen atoms in total. The minimum absolute atomic E-state index is 0.225. The highest BCUT2D eigenvalue weighted by Crippen LogP contribution is 2.02. The first-order chi connectivity index (χ1) is 5.63. The van der Waals surface area contributed by atoms with Crippen LogP contribution in [0.2, 0.25) is 13.1 Å². The second-order valence-corrected chi connectivity index (χ2v) is 5.44. The Labute approximate surface area is 75.9 Å². The van der Waals surface area contributed by atoms with Gasteiger partial charge in [-0.2, -0.15) is 0 Å². The Morgan fingerprint density at radius 2 is 1.92 bits per heavy atom. The van der Waals surface area contributed by atoms with E-state index in [1.807, 2.05) is 13.1 Å². The van der Waals surface area contributed by atoms with Gasteiger partial charge in [0.05, 0.1) is 0 Å². The number of amides is 1. The van der Waals surface area contributed by atoms with Crippen LogP contribution in [0.5, 0.6) is 0 Å². The van der Waals surface area contributed by atoms with Crippen LogP contribution in [-0.2, 0) is 4.79 Å². The van der Waals surface area contributed by atoms with E-state index in [1.165, 1.54) is 6.42 Å². The number of rotatable bonds is 0. The molecule has 0 aromatic carbocycles. The van der Waals surface area contributed by atoms with Crippen LogP contribution in [-0.4, -0.2) is 26.3 Å². The second-order valence-electron chi connectivity index (χ2n) is 3.25. The molecule has 12 heavy (non-hydrogen) atoms. The van der Waals surface area contributed by atoms with Crippen LogP contribution < -0.4 is 5.32 Å². The monoisotopic (exact) mass is 189 g/mol. The van der Waals surface area contributed by atoms with E-state index in [-0.39, 0.29) is 5.91 Å². The van der Waals surface area contributed by atoms with Crippen LogP contribution in [0.25, 0.3) is 0 Å². The van der Waals surface area contributed by atoms with E-state index in [2.05, 4.69) is 5.32 Å². The first-order valence-corrected chi connectivity index (χ1v) is 7.40. The van der Waals surface area contributed by atoms with E-state index >= 15 is 0 Å². The SMILES string of the molecule is C[SiH](C)O.O=C1CCCCCN1. The number of carbonyl (C=O) groups is 1. The van der Waals surface area contributed by atoms with Gasteiger partial charge in [0, 0.05) is 13.0 Å². The fourth-order valence-electron chi connectivity index (χ4n) is 0.904. The Morgan fingerprint density at radius 3 is 2.50 bits per heavy atom. The number of nitrogens with one attached hydrogen (secondary N) is 1. The highest BCUT2D eigenvalue weighted by molar-refractivity contribution is 6.46.